The topological polar surface area (TPSA) is 65.8 Å². The second-order valence-corrected chi connectivity index (χ2v) is 7.11. The average molecular weight is 391 g/mol. The largest absolute Gasteiger partial charge is 0.418 e. The number of carbonyl (C=O) groups excluding carboxylic acids is 1. The molecule has 4 nitrogen and oxygen atoms in total. The minimum atomic E-state index is -4.55. The lowest BCUT2D eigenvalue weighted by atomic mass is 9.95. The van der Waals surface area contributed by atoms with Gasteiger partial charge in [-0.05, 0) is 49.4 Å². The van der Waals surface area contributed by atoms with E-state index in [0.29, 0.717) is 10.6 Å². The zero-order valence-corrected chi connectivity index (χ0v) is 15.1. The lowest BCUT2D eigenvalue weighted by molar-refractivity contribution is -0.137. The van der Waals surface area contributed by atoms with Crippen LogP contribution in [0.4, 0.5) is 18.9 Å². The average Bonchev–Trinajstić information content (AvgIpc) is 2.65. The number of aryl methyl sites for hydroxylation is 2. The first-order valence-electron chi connectivity index (χ1n) is 8.40. The number of nitriles is 1. The highest BCUT2D eigenvalue weighted by Crippen LogP contribution is 2.34. The Kier molecular flexibility index (Phi) is 5.71. The van der Waals surface area contributed by atoms with Crippen LogP contribution in [0.3, 0.4) is 0 Å². The summed E-state index contributed by atoms with van der Waals surface area (Å²) >= 11 is 1.06. The van der Waals surface area contributed by atoms with Gasteiger partial charge in [-0.1, -0.05) is 23.9 Å². The number of amides is 1. The highest BCUT2D eigenvalue weighted by molar-refractivity contribution is 8.00. The first-order chi connectivity index (χ1) is 12.9. The molecule has 2 aromatic rings. The predicted octanol–water partition coefficient (Wildman–Crippen LogP) is 4.58. The van der Waals surface area contributed by atoms with Gasteiger partial charge >= 0.3 is 6.18 Å². The fraction of sp³-hybridized carbons (Fsp3) is 0.316. The molecule has 0 saturated carbocycles. The molecule has 8 heteroatoms. The standard InChI is InChI=1S/C19H16F3N3OS/c20-19(21,22)14-6-2-4-8-16(14)24-17(26)11-27-18-13(10-23)9-12-5-1-3-7-15(12)25-18/h2,4,6,8-9H,1,3,5,7,11H2,(H,24,26). The second-order valence-electron chi connectivity index (χ2n) is 6.15. The van der Waals surface area contributed by atoms with E-state index < -0.39 is 17.6 Å². The SMILES string of the molecule is N#Cc1cc2c(nc1SCC(=O)Nc1ccccc1C(F)(F)F)CCCC2. The third kappa shape index (κ3) is 4.61. The monoisotopic (exact) mass is 391 g/mol. The van der Waals surface area contributed by atoms with Gasteiger partial charge < -0.3 is 5.32 Å². The van der Waals surface area contributed by atoms with Crippen molar-refractivity contribution < 1.29 is 18.0 Å². The molecule has 27 heavy (non-hydrogen) atoms. The molecule has 0 unspecified atom stereocenters. The van der Waals surface area contributed by atoms with Gasteiger partial charge in [-0.2, -0.15) is 18.4 Å². The Morgan fingerprint density at radius 3 is 2.74 bits per heavy atom. The van der Waals surface area contributed by atoms with E-state index in [-0.39, 0.29) is 11.4 Å². The maximum Gasteiger partial charge on any atom is 0.418 e. The van der Waals surface area contributed by atoms with Crippen molar-refractivity contribution >= 4 is 23.4 Å². The quantitative estimate of drug-likeness (QED) is 0.775. The molecule has 0 saturated heterocycles. The van der Waals surface area contributed by atoms with Crippen LogP contribution in [0.1, 0.15) is 35.2 Å². The lowest BCUT2D eigenvalue weighted by Crippen LogP contribution is -2.18. The number of carbonyl (C=O) groups is 1. The summed E-state index contributed by atoms with van der Waals surface area (Å²) in [5.41, 5.74) is 1.21. The molecule has 1 N–H and O–H groups in total. The number of nitrogens with one attached hydrogen (secondary N) is 1. The third-order valence-electron chi connectivity index (χ3n) is 4.23. The van der Waals surface area contributed by atoms with Gasteiger partial charge in [-0.3, -0.25) is 4.79 Å². The molecule has 0 radical (unpaired) electrons. The van der Waals surface area contributed by atoms with Crippen LogP contribution in [0.5, 0.6) is 0 Å². The molecule has 0 atom stereocenters. The second kappa shape index (κ2) is 8.01. The number of nitrogens with zero attached hydrogens (tertiary/aromatic N) is 2. The molecular weight excluding hydrogens is 375 g/mol. The van der Waals surface area contributed by atoms with Crippen molar-refractivity contribution in [3.05, 3.63) is 52.7 Å². The molecule has 1 amide bonds. The van der Waals surface area contributed by atoms with Crippen molar-refractivity contribution in [2.45, 2.75) is 36.9 Å². The number of hydrogen-bond acceptors (Lipinski definition) is 4. The number of anilines is 1. The van der Waals surface area contributed by atoms with Gasteiger partial charge in [0.2, 0.25) is 5.91 Å². The van der Waals surface area contributed by atoms with Crippen molar-refractivity contribution in [3.8, 4) is 6.07 Å². The fourth-order valence-corrected chi connectivity index (χ4v) is 3.74. The van der Waals surface area contributed by atoms with Crippen LogP contribution in [-0.2, 0) is 23.8 Å². The van der Waals surface area contributed by atoms with Crippen molar-refractivity contribution in [2.75, 3.05) is 11.1 Å². The summed E-state index contributed by atoms with van der Waals surface area (Å²) in [6.07, 6.45) is -0.737. The third-order valence-corrected chi connectivity index (χ3v) is 5.22. The molecular formula is C19H16F3N3OS. The normalized spacial score (nSPS) is 13.6. The highest BCUT2D eigenvalue weighted by Gasteiger charge is 2.33. The Labute approximate surface area is 158 Å². The minimum Gasteiger partial charge on any atom is -0.325 e. The van der Waals surface area contributed by atoms with Crippen LogP contribution >= 0.6 is 11.8 Å². The van der Waals surface area contributed by atoms with E-state index in [4.69, 9.17) is 0 Å². The minimum absolute atomic E-state index is 0.132. The number of halogens is 3. The van der Waals surface area contributed by atoms with Crippen LogP contribution in [-0.4, -0.2) is 16.6 Å². The van der Waals surface area contributed by atoms with Crippen LogP contribution in [0.15, 0.2) is 35.4 Å². The smallest absolute Gasteiger partial charge is 0.325 e. The van der Waals surface area contributed by atoms with Crippen molar-refractivity contribution in [3.63, 3.8) is 0 Å². The number of aromatic nitrogens is 1. The maximum absolute atomic E-state index is 13.0. The molecule has 0 fully saturated rings. The molecule has 1 aliphatic carbocycles. The van der Waals surface area contributed by atoms with Crippen LogP contribution in [0, 0.1) is 11.3 Å². The molecule has 1 aromatic heterocycles. The van der Waals surface area contributed by atoms with Crippen molar-refractivity contribution in [2.24, 2.45) is 0 Å². The number of para-hydroxylation sites is 1. The molecule has 0 aliphatic heterocycles. The fourth-order valence-electron chi connectivity index (χ4n) is 2.96. The number of alkyl halides is 3. The Morgan fingerprint density at radius 1 is 1.26 bits per heavy atom. The summed E-state index contributed by atoms with van der Waals surface area (Å²) in [7, 11) is 0. The Bertz CT molecular complexity index is 906. The Hall–Kier alpha value is -2.53. The Balaban J connectivity index is 1.71. The van der Waals surface area contributed by atoms with Gasteiger partial charge in [-0.25, -0.2) is 4.98 Å². The molecule has 1 aliphatic rings. The summed E-state index contributed by atoms with van der Waals surface area (Å²) in [6.45, 7) is 0. The summed E-state index contributed by atoms with van der Waals surface area (Å²) < 4.78 is 39.0. The molecule has 1 aromatic carbocycles. The Morgan fingerprint density at radius 2 is 2.00 bits per heavy atom. The number of thioether (sulfide) groups is 1. The summed E-state index contributed by atoms with van der Waals surface area (Å²) in [6, 6.07) is 8.72. The zero-order valence-electron chi connectivity index (χ0n) is 14.3. The number of pyridine rings is 1. The summed E-state index contributed by atoms with van der Waals surface area (Å²) in [5.74, 6) is -0.716. The van der Waals surface area contributed by atoms with E-state index in [1.165, 1.54) is 18.2 Å². The van der Waals surface area contributed by atoms with Gasteiger partial charge in [0.15, 0.2) is 0 Å². The number of benzene rings is 1. The van der Waals surface area contributed by atoms with E-state index in [0.717, 1.165) is 54.8 Å². The van der Waals surface area contributed by atoms with Gasteiger partial charge in [0.25, 0.3) is 0 Å². The van der Waals surface area contributed by atoms with Gasteiger partial charge in [0, 0.05) is 5.69 Å². The van der Waals surface area contributed by atoms with Gasteiger partial charge in [0.1, 0.15) is 11.1 Å². The molecule has 1 heterocycles. The first-order valence-corrected chi connectivity index (χ1v) is 9.39. The summed E-state index contributed by atoms with van der Waals surface area (Å²) in [4.78, 5) is 16.6. The highest BCUT2D eigenvalue weighted by atomic mass is 32.2. The number of fused-ring (bicyclic) bond motifs is 1. The number of hydrogen-bond donors (Lipinski definition) is 1. The van der Waals surface area contributed by atoms with E-state index in [9.17, 15) is 23.2 Å². The van der Waals surface area contributed by atoms with E-state index >= 15 is 0 Å². The molecule has 0 bridgehead atoms. The maximum atomic E-state index is 13.0. The van der Waals surface area contributed by atoms with E-state index in [2.05, 4.69) is 16.4 Å². The van der Waals surface area contributed by atoms with Crippen molar-refractivity contribution in [1.29, 1.82) is 5.26 Å². The van der Waals surface area contributed by atoms with E-state index in [1.54, 1.807) is 6.07 Å². The van der Waals surface area contributed by atoms with Gasteiger partial charge in [0.05, 0.1) is 22.6 Å². The van der Waals surface area contributed by atoms with Crippen LogP contribution < -0.4 is 5.32 Å². The van der Waals surface area contributed by atoms with Gasteiger partial charge in [-0.15, -0.1) is 0 Å². The van der Waals surface area contributed by atoms with Crippen molar-refractivity contribution in [1.82, 2.24) is 4.98 Å². The predicted molar refractivity (Wildman–Crippen MR) is 96.4 cm³/mol. The summed E-state index contributed by atoms with van der Waals surface area (Å²) in [5, 5.41) is 12.1. The molecule has 3 rings (SSSR count). The van der Waals surface area contributed by atoms with Crippen LogP contribution in [0.2, 0.25) is 0 Å². The first kappa shape index (κ1) is 19.2. The van der Waals surface area contributed by atoms with Crippen LogP contribution in [0.25, 0.3) is 0 Å². The lowest BCUT2D eigenvalue weighted by Gasteiger charge is -2.16. The molecule has 0 spiro atoms. The van der Waals surface area contributed by atoms with E-state index in [1.807, 2.05) is 0 Å². The molecule has 140 valence electrons. The number of rotatable bonds is 4. The zero-order chi connectivity index (χ0) is 19.4.